The molecule has 0 rings (SSSR count). The molecule has 0 aromatic heterocycles. The van der Waals surface area contributed by atoms with E-state index in [9.17, 15) is 19.8 Å². The fourth-order valence-electron chi connectivity index (χ4n) is 3.76. The Morgan fingerprint density at radius 3 is 1.48 bits per heavy atom. The molecular weight excluding hydrogens is 327 g/mol. The number of carboxylic acid groups (broad SMARTS) is 2. The van der Waals surface area contributed by atoms with Gasteiger partial charge in [0.1, 0.15) is 0 Å². The molecule has 0 spiro atoms. The Bertz CT molecular complexity index is 353. The van der Waals surface area contributed by atoms with Crippen LogP contribution in [0.25, 0.3) is 0 Å². The van der Waals surface area contributed by atoms with E-state index in [1.807, 2.05) is 0 Å². The van der Waals surface area contributed by atoms with Gasteiger partial charge in [-0.2, -0.15) is 0 Å². The Morgan fingerprint density at radius 2 is 1.24 bits per heavy atom. The summed E-state index contributed by atoms with van der Waals surface area (Å²) < 4.78 is 0. The zero-order valence-corrected chi connectivity index (χ0v) is 16.1. The minimum absolute atomic E-state index is 0. The first-order chi connectivity index (χ1) is 11.3. The van der Waals surface area contributed by atoms with Crippen LogP contribution >= 0.6 is 0 Å². The van der Waals surface area contributed by atoms with E-state index in [-0.39, 0.29) is 36.0 Å². The summed E-state index contributed by atoms with van der Waals surface area (Å²) in [6.07, 6.45) is 8.88. The summed E-state index contributed by atoms with van der Waals surface area (Å²) in [7, 11) is 0. The van der Waals surface area contributed by atoms with Crippen LogP contribution in [0, 0.1) is 17.3 Å². The van der Waals surface area contributed by atoms with Crippen LogP contribution < -0.4 is 0 Å². The average Bonchev–Trinajstić information content (AvgIpc) is 2.54. The van der Waals surface area contributed by atoms with Gasteiger partial charge in [-0.15, -0.1) is 0 Å². The minimum atomic E-state index is -1.12. The van der Waals surface area contributed by atoms with E-state index >= 15 is 0 Å². The molecule has 0 aliphatic heterocycles. The second-order valence-corrected chi connectivity index (χ2v) is 7.40. The first-order valence-electron chi connectivity index (χ1n) is 9.80. The molecule has 0 fully saturated rings. The number of aliphatic carboxylic acids is 2. The molecule has 2 atom stereocenters. The molecule has 2 unspecified atom stereocenters. The van der Waals surface area contributed by atoms with Crippen molar-refractivity contribution in [3.05, 3.63) is 0 Å². The molecule has 5 heteroatoms. The molecule has 0 aromatic carbocycles. The number of hydrogen-bond donors (Lipinski definition) is 2. The van der Waals surface area contributed by atoms with Gasteiger partial charge in [-0.25, -0.2) is 0 Å². The van der Waals surface area contributed by atoms with E-state index in [1.54, 1.807) is 0 Å². The van der Waals surface area contributed by atoms with Crippen molar-refractivity contribution in [3.63, 3.8) is 0 Å². The van der Waals surface area contributed by atoms with E-state index in [1.165, 1.54) is 0 Å². The van der Waals surface area contributed by atoms with Crippen LogP contribution in [0.3, 0.4) is 0 Å². The van der Waals surface area contributed by atoms with Crippen molar-refractivity contribution in [2.24, 2.45) is 17.3 Å². The normalized spacial score (nSPS) is 15.7. The van der Waals surface area contributed by atoms with Gasteiger partial charge in [0.05, 0.1) is 11.8 Å². The van der Waals surface area contributed by atoms with Gasteiger partial charge in [-0.3, -0.25) is 9.59 Å². The van der Waals surface area contributed by atoms with E-state index in [4.69, 9.17) is 0 Å². The van der Waals surface area contributed by atoms with Crippen molar-refractivity contribution in [1.82, 2.24) is 0 Å². The van der Waals surface area contributed by atoms with E-state index < -0.39 is 17.4 Å². The third-order valence-electron chi connectivity index (χ3n) is 5.39. The second kappa shape index (κ2) is 15.0. The molecule has 0 bridgehead atoms. The summed E-state index contributed by atoms with van der Waals surface area (Å²) in [6.45, 7) is 8.43. The van der Waals surface area contributed by atoms with Crippen molar-refractivity contribution >= 4 is 41.5 Å². The van der Waals surface area contributed by atoms with Gasteiger partial charge in [0.2, 0.25) is 0 Å². The third kappa shape index (κ3) is 10.6. The molecular formula is C20H39NaO4. The Balaban J connectivity index is 0. The summed E-state index contributed by atoms with van der Waals surface area (Å²) in [5.74, 6) is -1.32. The average molecular weight is 367 g/mol. The first-order valence-corrected chi connectivity index (χ1v) is 9.80. The van der Waals surface area contributed by atoms with Gasteiger partial charge in [0.15, 0.2) is 0 Å². The Hall–Kier alpha value is -0.0600. The molecule has 0 radical (unpaired) electrons. The molecule has 0 aromatic rings. The standard InChI is InChI=1S/C20H38O4.Na.H/c1-5-9-11-16(7-3)13-20(19(23)24,15-18(21)22)14-17(8-4)12-10-6-2;;/h16-17H,5-15H2,1-4H3,(H,21,22)(H,23,24);;. The van der Waals surface area contributed by atoms with E-state index in [0.29, 0.717) is 24.7 Å². The molecule has 0 saturated heterocycles. The fraction of sp³-hybridized carbons (Fsp3) is 0.900. The molecule has 0 amide bonds. The molecule has 0 saturated carbocycles. The van der Waals surface area contributed by atoms with Crippen LogP contribution in [0.1, 0.15) is 98.3 Å². The van der Waals surface area contributed by atoms with Crippen LogP contribution in [0.2, 0.25) is 0 Å². The molecule has 144 valence electrons. The maximum atomic E-state index is 12.1. The summed E-state index contributed by atoms with van der Waals surface area (Å²) >= 11 is 0. The molecule has 0 aliphatic carbocycles. The molecule has 25 heavy (non-hydrogen) atoms. The summed E-state index contributed by atoms with van der Waals surface area (Å²) in [5.41, 5.74) is -1.12. The van der Waals surface area contributed by atoms with Crippen LogP contribution in [0.4, 0.5) is 0 Å². The van der Waals surface area contributed by atoms with Gasteiger partial charge >= 0.3 is 41.5 Å². The Morgan fingerprint density at radius 1 is 0.840 bits per heavy atom. The maximum absolute atomic E-state index is 12.1. The second-order valence-electron chi connectivity index (χ2n) is 7.40. The van der Waals surface area contributed by atoms with Gasteiger partial charge < -0.3 is 10.2 Å². The number of unbranched alkanes of at least 4 members (excludes halogenated alkanes) is 2. The summed E-state index contributed by atoms with van der Waals surface area (Å²) in [5, 5.41) is 19.3. The number of rotatable bonds is 15. The zero-order valence-electron chi connectivity index (χ0n) is 16.1. The number of carboxylic acids is 2. The van der Waals surface area contributed by atoms with Crippen molar-refractivity contribution < 1.29 is 19.8 Å². The quantitative estimate of drug-likeness (QED) is 0.396. The number of hydrogen-bond acceptors (Lipinski definition) is 2. The van der Waals surface area contributed by atoms with Gasteiger partial charge in [0.25, 0.3) is 0 Å². The third-order valence-corrected chi connectivity index (χ3v) is 5.39. The van der Waals surface area contributed by atoms with E-state index in [2.05, 4.69) is 27.7 Å². The summed E-state index contributed by atoms with van der Waals surface area (Å²) in [4.78, 5) is 23.6. The molecule has 2 N–H and O–H groups in total. The van der Waals surface area contributed by atoms with Crippen molar-refractivity contribution in [3.8, 4) is 0 Å². The van der Waals surface area contributed by atoms with Crippen molar-refractivity contribution in [2.45, 2.75) is 98.3 Å². The molecule has 0 heterocycles. The summed E-state index contributed by atoms with van der Waals surface area (Å²) in [6, 6.07) is 0. The van der Waals surface area contributed by atoms with Gasteiger partial charge in [-0.1, -0.05) is 79.1 Å². The SMILES string of the molecule is CCCCC(CC)CC(CC(=O)O)(CC(CC)CCCC)C(=O)O.[NaH]. The Kier molecular flexibility index (Phi) is 16.3. The molecule has 0 aliphatic rings. The zero-order chi connectivity index (χ0) is 18.6. The van der Waals surface area contributed by atoms with Gasteiger partial charge in [-0.05, 0) is 24.7 Å². The first kappa shape index (κ1) is 27.2. The van der Waals surface area contributed by atoms with Crippen molar-refractivity contribution in [1.29, 1.82) is 0 Å². The fourth-order valence-corrected chi connectivity index (χ4v) is 3.76. The monoisotopic (exact) mass is 366 g/mol. The van der Waals surface area contributed by atoms with Crippen LogP contribution in [-0.4, -0.2) is 51.7 Å². The van der Waals surface area contributed by atoms with E-state index in [0.717, 1.165) is 51.4 Å². The van der Waals surface area contributed by atoms with Crippen LogP contribution in [0.15, 0.2) is 0 Å². The molecule has 4 nitrogen and oxygen atoms in total. The Labute approximate surface area is 176 Å². The van der Waals surface area contributed by atoms with Crippen LogP contribution in [-0.2, 0) is 9.59 Å². The topological polar surface area (TPSA) is 74.6 Å². The van der Waals surface area contributed by atoms with Crippen molar-refractivity contribution in [2.75, 3.05) is 0 Å². The number of carbonyl (C=O) groups is 2. The van der Waals surface area contributed by atoms with Crippen LogP contribution in [0.5, 0.6) is 0 Å². The van der Waals surface area contributed by atoms with Gasteiger partial charge in [0, 0.05) is 0 Å². The predicted molar refractivity (Wildman–Crippen MR) is 105 cm³/mol. The predicted octanol–water partition coefficient (Wildman–Crippen LogP) is 5.10.